The summed E-state index contributed by atoms with van der Waals surface area (Å²) in [7, 11) is 0. The number of hydrogen-bond donors (Lipinski definition) is 1. The molecule has 7 nitrogen and oxygen atoms in total. The van der Waals surface area contributed by atoms with Gasteiger partial charge in [0.05, 0.1) is 12.2 Å². The van der Waals surface area contributed by atoms with Gasteiger partial charge in [-0.3, -0.25) is 4.79 Å². The molecule has 0 unspecified atom stereocenters. The Labute approximate surface area is 145 Å². The zero-order valence-electron chi connectivity index (χ0n) is 14.4. The fourth-order valence-electron chi connectivity index (χ4n) is 2.85. The second-order valence-corrected chi connectivity index (χ2v) is 6.00. The van der Waals surface area contributed by atoms with Gasteiger partial charge < -0.3 is 14.4 Å². The van der Waals surface area contributed by atoms with E-state index < -0.39 is 0 Å². The molecule has 25 heavy (non-hydrogen) atoms. The maximum atomic E-state index is 12.0. The number of aromatic nitrogens is 3. The van der Waals surface area contributed by atoms with Gasteiger partial charge in [0.2, 0.25) is 5.89 Å². The van der Waals surface area contributed by atoms with E-state index in [4.69, 9.17) is 9.05 Å². The van der Waals surface area contributed by atoms with E-state index in [0.29, 0.717) is 23.7 Å². The Bertz CT molecular complexity index is 835. The van der Waals surface area contributed by atoms with Crippen molar-refractivity contribution in [1.82, 2.24) is 20.6 Å². The summed E-state index contributed by atoms with van der Waals surface area (Å²) in [5, 5.41) is 10.7. The molecule has 3 rings (SSSR count). The molecule has 0 aliphatic carbocycles. The van der Waals surface area contributed by atoms with Gasteiger partial charge in [-0.25, -0.2) is 0 Å². The SMILES string of the molecule is Cc1noc(C)c1[C@H](C)Cc1nc(CNC(=O)c2ccccc2)no1. The Morgan fingerprint density at radius 3 is 2.60 bits per heavy atom. The fraction of sp³-hybridized carbons (Fsp3) is 0.333. The molecular formula is C18H20N4O3. The topological polar surface area (TPSA) is 94.1 Å². The lowest BCUT2D eigenvalue weighted by atomic mass is 9.96. The first-order valence-corrected chi connectivity index (χ1v) is 8.12. The molecule has 130 valence electrons. The van der Waals surface area contributed by atoms with Crippen LogP contribution in [0.1, 0.15) is 51.9 Å². The van der Waals surface area contributed by atoms with Gasteiger partial charge >= 0.3 is 0 Å². The number of benzene rings is 1. The van der Waals surface area contributed by atoms with Gasteiger partial charge in [0.15, 0.2) is 5.82 Å². The molecule has 1 N–H and O–H groups in total. The van der Waals surface area contributed by atoms with Crippen molar-refractivity contribution < 1.29 is 13.8 Å². The third-order valence-corrected chi connectivity index (χ3v) is 4.02. The van der Waals surface area contributed by atoms with E-state index in [1.807, 2.05) is 32.0 Å². The van der Waals surface area contributed by atoms with Crippen LogP contribution in [0.2, 0.25) is 0 Å². The van der Waals surface area contributed by atoms with E-state index in [1.54, 1.807) is 12.1 Å². The zero-order chi connectivity index (χ0) is 17.8. The number of carbonyl (C=O) groups is 1. The van der Waals surface area contributed by atoms with Crippen LogP contribution >= 0.6 is 0 Å². The first-order valence-electron chi connectivity index (χ1n) is 8.12. The van der Waals surface area contributed by atoms with E-state index in [9.17, 15) is 4.79 Å². The van der Waals surface area contributed by atoms with Crippen LogP contribution < -0.4 is 5.32 Å². The van der Waals surface area contributed by atoms with Gasteiger partial charge in [-0.1, -0.05) is 35.4 Å². The molecule has 0 bridgehead atoms. The summed E-state index contributed by atoms with van der Waals surface area (Å²) >= 11 is 0. The largest absolute Gasteiger partial charge is 0.361 e. The molecule has 0 saturated carbocycles. The van der Waals surface area contributed by atoms with E-state index in [-0.39, 0.29) is 18.4 Å². The molecule has 0 spiro atoms. The van der Waals surface area contributed by atoms with Crippen LogP contribution in [-0.4, -0.2) is 21.2 Å². The van der Waals surface area contributed by atoms with Crippen LogP contribution in [0, 0.1) is 13.8 Å². The van der Waals surface area contributed by atoms with Crippen LogP contribution in [0.3, 0.4) is 0 Å². The summed E-state index contributed by atoms with van der Waals surface area (Å²) in [6.45, 7) is 6.09. The lowest BCUT2D eigenvalue weighted by Crippen LogP contribution is -2.23. The van der Waals surface area contributed by atoms with Crippen molar-refractivity contribution in [2.75, 3.05) is 0 Å². The first kappa shape index (κ1) is 16.9. The van der Waals surface area contributed by atoms with E-state index >= 15 is 0 Å². The minimum Gasteiger partial charge on any atom is -0.361 e. The second kappa shape index (κ2) is 7.29. The van der Waals surface area contributed by atoms with Gasteiger partial charge in [0, 0.05) is 17.5 Å². The van der Waals surface area contributed by atoms with Crippen molar-refractivity contribution in [3.05, 3.63) is 64.6 Å². The minimum atomic E-state index is -0.170. The number of carbonyl (C=O) groups excluding carboxylic acids is 1. The molecule has 1 aromatic carbocycles. The first-order chi connectivity index (χ1) is 12.0. The third-order valence-electron chi connectivity index (χ3n) is 4.02. The molecule has 1 amide bonds. The number of amides is 1. The lowest BCUT2D eigenvalue weighted by Gasteiger charge is -2.07. The van der Waals surface area contributed by atoms with E-state index in [1.165, 1.54) is 0 Å². The molecule has 0 aliphatic heterocycles. The van der Waals surface area contributed by atoms with Gasteiger partial charge in [-0.2, -0.15) is 4.98 Å². The smallest absolute Gasteiger partial charge is 0.251 e. The van der Waals surface area contributed by atoms with Crippen molar-refractivity contribution in [2.24, 2.45) is 0 Å². The maximum Gasteiger partial charge on any atom is 0.251 e. The van der Waals surface area contributed by atoms with Crippen molar-refractivity contribution in [2.45, 2.75) is 39.7 Å². The summed E-state index contributed by atoms with van der Waals surface area (Å²) in [5.74, 6) is 1.76. The summed E-state index contributed by atoms with van der Waals surface area (Å²) in [6.07, 6.45) is 0.586. The molecule has 0 aliphatic rings. The monoisotopic (exact) mass is 340 g/mol. The average molecular weight is 340 g/mol. The molecule has 2 aromatic heterocycles. The Balaban J connectivity index is 1.58. The summed E-state index contributed by atoms with van der Waals surface area (Å²) in [5.41, 5.74) is 2.54. The van der Waals surface area contributed by atoms with Gasteiger partial charge in [-0.05, 0) is 31.9 Å². The Morgan fingerprint density at radius 2 is 1.92 bits per heavy atom. The number of nitrogens with zero attached hydrogens (tertiary/aromatic N) is 3. The Morgan fingerprint density at radius 1 is 1.16 bits per heavy atom. The van der Waals surface area contributed by atoms with Gasteiger partial charge in [0.1, 0.15) is 5.76 Å². The van der Waals surface area contributed by atoms with Crippen LogP contribution in [-0.2, 0) is 13.0 Å². The second-order valence-electron chi connectivity index (χ2n) is 6.00. The zero-order valence-corrected chi connectivity index (χ0v) is 14.4. The van der Waals surface area contributed by atoms with Crippen molar-refractivity contribution in [3.8, 4) is 0 Å². The predicted octanol–water partition coefficient (Wildman–Crippen LogP) is 2.95. The molecule has 1 atom stereocenters. The minimum absolute atomic E-state index is 0.151. The van der Waals surface area contributed by atoms with Crippen molar-refractivity contribution in [3.63, 3.8) is 0 Å². The Hall–Kier alpha value is -2.96. The van der Waals surface area contributed by atoms with Crippen molar-refractivity contribution in [1.29, 1.82) is 0 Å². The van der Waals surface area contributed by atoms with E-state index in [2.05, 4.69) is 27.5 Å². The quantitative estimate of drug-likeness (QED) is 0.741. The highest BCUT2D eigenvalue weighted by atomic mass is 16.5. The summed E-state index contributed by atoms with van der Waals surface area (Å²) in [6, 6.07) is 9.00. The summed E-state index contributed by atoms with van der Waals surface area (Å²) < 4.78 is 10.5. The van der Waals surface area contributed by atoms with Crippen LogP contribution in [0.4, 0.5) is 0 Å². The highest BCUT2D eigenvalue weighted by molar-refractivity contribution is 5.93. The third kappa shape index (κ3) is 3.93. The lowest BCUT2D eigenvalue weighted by molar-refractivity contribution is 0.0949. The highest BCUT2D eigenvalue weighted by Crippen LogP contribution is 2.25. The van der Waals surface area contributed by atoms with Crippen LogP contribution in [0.5, 0.6) is 0 Å². The standard InChI is InChI=1S/C18H20N4O3/c1-11(17-12(2)21-24-13(17)3)9-16-20-15(22-25-16)10-19-18(23)14-7-5-4-6-8-14/h4-8,11H,9-10H2,1-3H3,(H,19,23)/t11-/m1/s1. The van der Waals surface area contributed by atoms with Crippen LogP contribution in [0.15, 0.2) is 39.4 Å². The average Bonchev–Trinajstić information content (AvgIpc) is 3.19. The highest BCUT2D eigenvalue weighted by Gasteiger charge is 2.19. The number of nitrogens with one attached hydrogen (secondary N) is 1. The molecule has 2 heterocycles. The molecule has 7 heteroatoms. The molecular weight excluding hydrogens is 320 g/mol. The molecule has 3 aromatic rings. The Kier molecular flexibility index (Phi) is 4.92. The molecule has 0 fully saturated rings. The molecule has 0 radical (unpaired) electrons. The van der Waals surface area contributed by atoms with Crippen molar-refractivity contribution >= 4 is 5.91 Å². The van der Waals surface area contributed by atoms with Gasteiger partial charge in [0.25, 0.3) is 5.91 Å². The predicted molar refractivity (Wildman–Crippen MR) is 90.0 cm³/mol. The summed E-state index contributed by atoms with van der Waals surface area (Å²) in [4.78, 5) is 16.4. The molecule has 0 saturated heterocycles. The van der Waals surface area contributed by atoms with Crippen LogP contribution in [0.25, 0.3) is 0 Å². The maximum absolute atomic E-state index is 12.0. The van der Waals surface area contributed by atoms with E-state index in [0.717, 1.165) is 17.0 Å². The number of hydrogen-bond acceptors (Lipinski definition) is 6. The normalized spacial score (nSPS) is 12.1. The fourth-order valence-corrected chi connectivity index (χ4v) is 2.85. The number of rotatable bonds is 6. The van der Waals surface area contributed by atoms with Gasteiger partial charge in [-0.15, -0.1) is 0 Å². The number of aryl methyl sites for hydroxylation is 2.